The summed E-state index contributed by atoms with van der Waals surface area (Å²) < 4.78 is 1.67. The van der Waals surface area contributed by atoms with Crippen molar-refractivity contribution in [1.29, 1.82) is 0 Å². The molecule has 0 saturated carbocycles. The van der Waals surface area contributed by atoms with E-state index < -0.39 is 0 Å². The molecule has 0 aromatic rings. The Morgan fingerprint density at radius 3 is 2.17 bits per heavy atom. The third-order valence-electron chi connectivity index (χ3n) is 2.04. The van der Waals surface area contributed by atoms with E-state index in [0.29, 0.717) is 0 Å². The van der Waals surface area contributed by atoms with Crippen molar-refractivity contribution >= 4 is 24.8 Å². The molecule has 0 N–H and O–H groups in total. The number of hydrogen-bond acceptors (Lipinski definition) is 0. The van der Waals surface area contributed by atoms with Crippen LogP contribution >= 0.6 is 24.8 Å². The third-order valence-corrected chi connectivity index (χ3v) is 3.28. The van der Waals surface area contributed by atoms with Crippen molar-refractivity contribution < 1.29 is 24.7 Å². The smallest absolute Gasteiger partial charge is 0.147 e. The molecule has 3 heteroatoms. The quantitative estimate of drug-likeness (QED) is 0.724. The van der Waals surface area contributed by atoms with E-state index in [1.165, 1.54) is 19.3 Å². The molecule has 0 aromatic carbocycles. The molecule has 0 heterocycles. The fourth-order valence-corrected chi connectivity index (χ4v) is 2.54. The van der Waals surface area contributed by atoms with E-state index in [0.717, 1.165) is 0 Å². The van der Waals surface area contributed by atoms with Gasteiger partial charge in [0.25, 0.3) is 0 Å². The van der Waals surface area contributed by atoms with Gasteiger partial charge in [-0.15, -0.1) is 24.8 Å². The van der Waals surface area contributed by atoms with Gasteiger partial charge < -0.3 is 0 Å². The zero-order valence-corrected chi connectivity index (χ0v) is 11.6. The van der Waals surface area contributed by atoms with Gasteiger partial charge >= 0.3 is 78.3 Å². The molecular formula is C9H15Cl2Zr. The van der Waals surface area contributed by atoms with E-state index in [1.807, 2.05) is 0 Å². The van der Waals surface area contributed by atoms with Gasteiger partial charge in [0.2, 0.25) is 0 Å². The third kappa shape index (κ3) is 3.36. The number of halogens is 2. The average molecular weight is 285 g/mol. The molecule has 1 rings (SSSR count). The predicted octanol–water partition coefficient (Wildman–Crippen LogP) is 3.78. The van der Waals surface area contributed by atoms with E-state index >= 15 is 0 Å². The summed E-state index contributed by atoms with van der Waals surface area (Å²) in [6.07, 6.45) is 6.09. The van der Waals surface area contributed by atoms with Gasteiger partial charge in [-0.05, 0) is 0 Å². The molecule has 0 aromatic heterocycles. The minimum absolute atomic E-state index is 0. The van der Waals surface area contributed by atoms with Crippen molar-refractivity contribution in [3.8, 4) is 0 Å². The Hall–Kier alpha value is 0.943. The van der Waals surface area contributed by atoms with Gasteiger partial charge in [0.05, 0.1) is 0 Å². The summed E-state index contributed by atoms with van der Waals surface area (Å²) in [4.78, 5) is 0. The Balaban J connectivity index is 0. The maximum Gasteiger partial charge on any atom is -0.147 e. The molecule has 12 heavy (non-hydrogen) atoms. The molecule has 0 atom stereocenters. The molecule has 0 fully saturated rings. The van der Waals surface area contributed by atoms with Gasteiger partial charge in [-0.1, -0.05) is 0 Å². The van der Waals surface area contributed by atoms with Crippen LogP contribution in [0.5, 0.6) is 0 Å². The molecule has 0 aliphatic heterocycles. The Bertz CT molecular complexity index is 195. The summed E-state index contributed by atoms with van der Waals surface area (Å²) in [5.41, 5.74) is 3.26. The minimum atomic E-state index is 0. The summed E-state index contributed by atoms with van der Waals surface area (Å²) in [6, 6.07) is 0. The second kappa shape index (κ2) is 7.36. The van der Waals surface area contributed by atoms with Gasteiger partial charge in [-0.3, -0.25) is 0 Å². The fourth-order valence-electron chi connectivity index (χ4n) is 1.46. The molecule has 0 spiro atoms. The van der Waals surface area contributed by atoms with Crippen LogP contribution in [0.2, 0.25) is 0 Å². The zero-order valence-electron chi connectivity index (χ0n) is 7.52. The van der Waals surface area contributed by atoms with Crippen LogP contribution in [0.1, 0.15) is 33.1 Å². The fraction of sp³-hybridized carbons (Fsp3) is 0.556. The molecule has 0 saturated heterocycles. The van der Waals surface area contributed by atoms with Crippen LogP contribution in [0.15, 0.2) is 20.5 Å². The normalized spacial score (nSPS) is 14.9. The van der Waals surface area contributed by atoms with Crippen molar-refractivity contribution in [1.82, 2.24) is 0 Å². The van der Waals surface area contributed by atoms with Crippen molar-refractivity contribution in [2.45, 2.75) is 33.1 Å². The molecule has 0 nitrogen and oxygen atoms in total. The van der Waals surface area contributed by atoms with E-state index in [9.17, 15) is 0 Å². The van der Waals surface area contributed by atoms with Crippen LogP contribution in [0, 0.1) is 0 Å². The Labute approximate surface area is 103 Å². The SMILES string of the molecule is CCC1=CC[C]([Zr])=C1CC.Cl.Cl. The molecule has 0 unspecified atom stereocenters. The molecule has 1 aliphatic rings. The van der Waals surface area contributed by atoms with Crippen LogP contribution in [-0.2, 0) is 24.7 Å². The molecule has 69 valence electrons. The van der Waals surface area contributed by atoms with Gasteiger partial charge in [-0.2, -0.15) is 0 Å². The average Bonchev–Trinajstić information content (AvgIpc) is 2.30. The van der Waals surface area contributed by atoms with Crippen LogP contribution < -0.4 is 0 Å². The Morgan fingerprint density at radius 1 is 1.25 bits per heavy atom. The number of hydrogen-bond donors (Lipinski definition) is 0. The van der Waals surface area contributed by atoms with Crippen LogP contribution in [0.4, 0.5) is 0 Å². The first-order chi connectivity index (χ1) is 4.79. The Kier molecular flexibility index (Phi) is 9.45. The van der Waals surface area contributed by atoms with Crippen LogP contribution in [0.3, 0.4) is 0 Å². The van der Waals surface area contributed by atoms with Crippen molar-refractivity contribution in [3.05, 3.63) is 20.5 Å². The summed E-state index contributed by atoms with van der Waals surface area (Å²) in [5.74, 6) is 0. The standard InChI is InChI=1S/C9H13.2ClH.Zr/c1-3-8-6-5-7-9(8)4-2;;;/h6H,3-5H2,1-2H3;2*1H;. The monoisotopic (exact) mass is 283 g/mol. The van der Waals surface area contributed by atoms with Crippen LogP contribution in [0.25, 0.3) is 0 Å². The number of rotatable bonds is 2. The summed E-state index contributed by atoms with van der Waals surface area (Å²) in [7, 11) is 0. The van der Waals surface area contributed by atoms with Gasteiger partial charge in [-0.25, -0.2) is 0 Å². The van der Waals surface area contributed by atoms with E-state index in [4.69, 9.17) is 0 Å². The Morgan fingerprint density at radius 2 is 1.83 bits per heavy atom. The van der Waals surface area contributed by atoms with Crippen molar-refractivity contribution in [2.24, 2.45) is 0 Å². The minimum Gasteiger partial charge on any atom is -0.147 e. The molecule has 0 radical (unpaired) electrons. The largest absolute Gasteiger partial charge is 0.147 e. The summed E-state index contributed by atoms with van der Waals surface area (Å²) in [6.45, 7) is 4.50. The topological polar surface area (TPSA) is 0 Å². The molecule has 1 aliphatic carbocycles. The second-order valence-electron chi connectivity index (χ2n) is 2.60. The predicted molar refractivity (Wildman–Crippen MR) is 54.8 cm³/mol. The van der Waals surface area contributed by atoms with Crippen molar-refractivity contribution in [2.75, 3.05) is 0 Å². The molecular weight excluding hydrogens is 270 g/mol. The van der Waals surface area contributed by atoms with Gasteiger partial charge in [0, 0.05) is 0 Å². The van der Waals surface area contributed by atoms with Crippen LogP contribution in [-0.4, -0.2) is 0 Å². The van der Waals surface area contributed by atoms with Gasteiger partial charge in [0.15, 0.2) is 0 Å². The maximum absolute atomic E-state index is 2.39. The molecule has 0 amide bonds. The van der Waals surface area contributed by atoms with E-state index in [1.54, 1.807) is 39.1 Å². The maximum atomic E-state index is 2.39. The summed E-state index contributed by atoms with van der Waals surface area (Å²) >= 11 is 1.61. The zero-order chi connectivity index (χ0) is 7.56. The van der Waals surface area contributed by atoms with Crippen molar-refractivity contribution in [3.63, 3.8) is 0 Å². The first-order valence-corrected chi connectivity index (χ1v) is 5.15. The van der Waals surface area contributed by atoms with E-state index in [2.05, 4.69) is 19.9 Å². The summed E-state index contributed by atoms with van der Waals surface area (Å²) in [5, 5.41) is 0. The second-order valence-corrected chi connectivity index (χ2v) is 4.08. The van der Waals surface area contributed by atoms with Gasteiger partial charge in [0.1, 0.15) is 0 Å². The number of allylic oxidation sites excluding steroid dienone is 4. The molecule has 0 bridgehead atoms. The van der Waals surface area contributed by atoms with E-state index in [-0.39, 0.29) is 24.8 Å². The first-order valence-electron chi connectivity index (χ1n) is 3.92. The first kappa shape index (κ1) is 15.4.